The highest BCUT2D eigenvalue weighted by Crippen LogP contribution is 2.10. The summed E-state index contributed by atoms with van der Waals surface area (Å²) < 4.78 is 5.59. The lowest BCUT2D eigenvalue weighted by atomic mass is 10.0. The molecule has 0 aromatic heterocycles. The van der Waals surface area contributed by atoms with E-state index in [1.807, 2.05) is 14.0 Å². The van der Waals surface area contributed by atoms with Gasteiger partial charge in [0.2, 0.25) is 0 Å². The van der Waals surface area contributed by atoms with Crippen molar-refractivity contribution in [3.05, 3.63) is 0 Å². The number of nitrogens with zero attached hydrogens (tertiary/aromatic N) is 1. The third-order valence-corrected chi connectivity index (χ3v) is 3.06. The van der Waals surface area contributed by atoms with Crippen LogP contribution in [0.1, 0.15) is 20.3 Å². The van der Waals surface area contributed by atoms with Crippen molar-refractivity contribution in [2.45, 2.75) is 31.9 Å². The van der Waals surface area contributed by atoms with E-state index in [0.717, 1.165) is 32.7 Å². The summed E-state index contributed by atoms with van der Waals surface area (Å²) in [6.45, 7) is 8.05. The minimum Gasteiger partial charge on any atom is -0.394 e. The highest BCUT2D eigenvalue weighted by atomic mass is 16.5. The number of ether oxygens (including phenoxy) is 1. The van der Waals surface area contributed by atoms with Crippen molar-refractivity contribution in [1.29, 1.82) is 0 Å². The van der Waals surface area contributed by atoms with E-state index in [1.165, 1.54) is 0 Å². The molecular formula is C11H24N2O2. The lowest BCUT2D eigenvalue weighted by Gasteiger charge is -2.33. The third kappa shape index (κ3) is 4.07. The SMILES string of the molecule is CNC(C)(CO)CN1CCCOC(C)C1. The molecule has 0 bridgehead atoms. The summed E-state index contributed by atoms with van der Waals surface area (Å²) >= 11 is 0. The van der Waals surface area contributed by atoms with E-state index in [4.69, 9.17) is 4.74 Å². The van der Waals surface area contributed by atoms with Crippen molar-refractivity contribution in [1.82, 2.24) is 10.2 Å². The van der Waals surface area contributed by atoms with Gasteiger partial charge in [0.15, 0.2) is 0 Å². The average Bonchev–Trinajstić information content (AvgIpc) is 2.42. The molecule has 4 nitrogen and oxygen atoms in total. The minimum absolute atomic E-state index is 0.162. The molecule has 1 aliphatic heterocycles. The highest BCUT2D eigenvalue weighted by Gasteiger charge is 2.26. The number of rotatable bonds is 4. The fourth-order valence-electron chi connectivity index (χ4n) is 1.93. The maximum absolute atomic E-state index is 9.33. The number of hydrogen-bond donors (Lipinski definition) is 2. The van der Waals surface area contributed by atoms with Gasteiger partial charge in [-0.1, -0.05) is 0 Å². The van der Waals surface area contributed by atoms with E-state index in [1.54, 1.807) is 0 Å². The molecular weight excluding hydrogens is 192 g/mol. The van der Waals surface area contributed by atoms with E-state index < -0.39 is 0 Å². The average molecular weight is 216 g/mol. The molecule has 0 aromatic rings. The Morgan fingerprint density at radius 2 is 2.33 bits per heavy atom. The largest absolute Gasteiger partial charge is 0.394 e. The number of aliphatic hydroxyl groups is 1. The Morgan fingerprint density at radius 1 is 1.60 bits per heavy atom. The van der Waals surface area contributed by atoms with E-state index >= 15 is 0 Å². The maximum Gasteiger partial charge on any atom is 0.0673 e. The van der Waals surface area contributed by atoms with Crippen LogP contribution in [0.2, 0.25) is 0 Å². The van der Waals surface area contributed by atoms with Gasteiger partial charge in [-0.2, -0.15) is 0 Å². The van der Waals surface area contributed by atoms with Crippen LogP contribution in [0.4, 0.5) is 0 Å². The zero-order valence-corrected chi connectivity index (χ0v) is 10.1. The highest BCUT2D eigenvalue weighted by molar-refractivity contribution is 4.85. The Bertz CT molecular complexity index is 183. The van der Waals surface area contributed by atoms with Gasteiger partial charge < -0.3 is 15.2 Å². The molecule has 2 unspecified atom stereocenters. The molecule has 90 valence electrons. The first-order chi connectivity index (χ1) is 7.09. The van der Waals surface area contributed by atoms with Gasteiger partial charge in [-0.05, 0) is 27.3 Å². The molecule has 1 saturated heterocycles. The molecule has 1 aliphatic rings. The Labute approximate surface area is 92.6 Å². The van der Waals surface area contributed by atoms with Crippen molar-refractivity contribution >= 4 is 0 Å². The van der Waals surface area contributed by atoms with E-state index in [9.17, 15) is 5.11 Å². The van der Waals surface area contributed by atoms with Crippen molar-refractivity contribution < 1.29 is 9.84 Å². The van der Waals surface area contributed by atoms with E-state index in [2.05, 4.69) is 17.1 Å². The molecule has 1 heterocycles. The second-order valence-electron chi connectivity index (χ2n) is 4.74. The normalized spacial score (nSPS) is 28.4. The van der Waals surface area contributed by atoms with Gasteiger partial charge in [0.05, 0.1) is 18.2 Å². The van der Waals surface area contributed by atoms with E-state index in [0.29, 0.717) is 6.10 Å². The second-order valence-corrected chi connectivity index (χ2v) is 4.74. The predicted molar refractivity (Wildman–Crippen MR) is 61.0 cm³/mol. The predicted octanol–water partition coefficient (Wildman–Crippen LogP) is 0.0676. The van der Waals surface area contributed by atoms with Crippen LogP contribution in [-0.4, -0.2) is 61.5 Å². The molecule has 2 N–H and O–H groups in total. The van der Waals surface area contributed by atoms with Crippen LogP contribution in [0, 0.1) is 0 Å². The van der Waals surface area contributed by atoms with E-state index in [-0.39, 0.29) is 12.1 Å². The maximum atomic E-state index is 9.33. The topological polar surface area (TPSA) is 44.7 Å². The molecule has 15 heavy (non-hydrogen) atoms. The van der Waals surface area contributed by atoms with Gasteiger partial charge in [-0.3, -0.25) is 4.90 Å². The molecule has 0 saturated carbocycles. The lowest BCUT2D eigenvalue weighted by molar-refractivity contribution is 0.0590. The van der Waals surface area contributed by atoms with Gasteiger partial charge in [-0.25, -0.2) is 0 Å². The first-order valence-corrected chi connectivity index (χ1v) is 5.73. The first-order valence-electron chi connectivity index (χ1n) is 5.73. The Hall–Kier alpha value is -0.160. The van der Waals surface area contributed by atoms with Gasteiger partial charge >= 0.3 is 0 Å². The van der Waals surface area contributed by atoms with Crippen LogP contribution in [0.25, 0.3) is 0 Å². The van der Waals surface area contributed by atoms with Gasteiger partial charge in [0.1, 0.15) is 0 Å². The molecule has 0 spiro atoms. The van der Waals surface area contributed by atoms with Gasteiger partial charge in [-0.15, -0.1) is 0 Å². The molecule has 0 amide bonds. The minimum atomic E-state index is -0.204. The first kappa shape index (κ1) is 12.9. The number of likely N-dealkylation sites (N-methyl/N-ethyl adjacent to an activating group) is 1. The fourth-order valence-corrected chi connectivity index (χ4v) is 1.93. The molecule has 0 aliphatic carbocycles. The van der Waals surface area contributed by atoms with Crippen molar-refractivity contribution in [3.63, 3.8) is 0 Å². The zero-order chi connectivity index (χ0) is 11.3. The summed E-state index contributed by atoms with van der Waals surface area (Å²) in [5.41, 5.74) is -0.204. The number of nitrogens with one attached hydrogen (secondary N) is 1. The molecule has 0 aromatic carbocycles. The van der Waals surface area contributed by atoms with Crippen LogP contribution in [0.15, 0.2) is 0 Å². The summed E-state index contributed by atoms with van der Waals surface area (Å²) in [6.07, 6.45) is 1.38. The van der Waals surface area contributed by atoms with Gasteiger partial charge in [0, 0.05) is 26.2 Å². The number of hydrogen-bond acceptors (Lipinski definition) is 4. The quantitative estimate of drug-likeness (QED) is 0.698. The van der Waals surface area contributed by atoms with Gasteiger partial charge in [0.25, 0.3) is 0 Å². The fraction of sp³-hybridized carbons (Fsp3) is 1.00. The van der Waals surface area contributed by atoms with Crippen LogP contribution in [0.5, 0.6) is 0 Å². The molecule has 1 fully saturated rings. The molecule has 2 atom stereocenters. The Kier molecular flexibility index (Phi) is 4.99. The summed E-state index contributed by atoms with van der Waals surface area (Å²) in [5.74, 6) is 0. The molecule has 0 radical (unpaired) electrons. The Balaban J connectivity index is 2.47. The van der Waals surface area contributed by atoms with Crippen LogP contribution >= 0.6 is 0 Å². The van der Waals surface area contributed by atoms with Crippen molar-refractivity contribution in [2.24, 2.45) is 0 Å². The summed E-state index contributed by atoms with van der Waals surface area (Å²) in [5, 5.41) is 12.5. The van der Waals surface area contributed by atoms with Crippen LogP contribution < -0.4 is 5.32 Å². The summed E-state index contributed by atoms with van der Waals surface area (Å²) in [7, 11) is 1.90. The summed E-state index contributed by atoms with van der Waals surface area (Å²) in [4.78, 5) is 2.37. The monoisotopic (exact) mass is 216 g/mol. The van der Waals surface area contributed by atoms with Crippen LogP contribution in [-0.2, 0) is 4.74 Å². The lowest BCUT2D eigenvalue weighted by Crippen LogP contribution is -2.53. The number of aliphatic hydroxyl groups excluding tert-OH is 1. The second kappa shape index (κ2) is 5.80. The zero-order valence-electron chi connectivity index (χ0n) is 10.1. The molecule has 1 rings (SSSR count). The smallest absolute Gasteiger partial charge is 0.0673 e. The van der Waals surface area contributed by atoms with Crippen molar-refractivity contribution in [2.75, 3.05) is 39.9 Å². The van der Waals surface area contributed by atoms with Crippen molar-refractivity contribution in [3.8, 4) is 0 Å². The summed E-state index contributed by atoms with van der Waals surface area (Å²) in [6, 6.07) is 0. The third-order valence-electron chi connectivity index (χ3n) is 3.06. The van der Waals surface area contributed by atoms with Crippen LogP contribution in [0.3, 0.4) is 0 Å². The standard InChI is InChI=1S/C11H24N2O2/c1-10-7-13(5-4-6-15-10)8-11(2,9-14)12-3/h10,12,14H,4-9H2,1-3H3. The Morgan fingerprint density at radius 3 is 2.93 bits per heavy atom. The molecule has 4 heteroatoms.